The Hall–Kier alpha value is -4.30. The number of amides is 2. The van der Waals surface area contributed by atoms with Gasteiger partial charge in [0.25, 0.3) is 11.8 Å². The van der Waals surface area contributed by atoms with Crippen molar-refractivity contribution >= 4 is 40.2 Å². The lowest BCUT2D eigenvalue weighted by Gasteiger charge is -2.38. The fourth-order valence-electron chi connectivity index (χ4n) is 4.81. The topological polar surface area (TPSA) is 73.9 Å². The van der Waals surface area contributed by atoms with Crippen LogP contribution < -0.4 is 25.2 Å². The van der Waals surface area contributed by atoms with Crippen LogP contribution in [0.2, 0.25) is 0 Å². The number of ether oxygens (including phenoxy) is 1. The molecule has 5 rings (SSSR count). The monoisotopic (exact) mass is 540 g/mol. The number of nitrogens with one attached hydrogen (secondary N) is 2. The average Bonchev–Trinajstić information content (AvgIpc) is 3.53. The highest BCUT2D eigenvalue weighted by Gasteiger charge is 2.24. The van der Waals surface area contributed by atoms with Gasteiger partial charge in [-0.2, -0.15) is 0 Å². The predicted octanol–water partition coefficient (Wildman–Crippen LogP) is 5.31. The molecule has 39 heavy (non-hydrogen) atoms. The minimum Gasteiger partial charge on any atom is -0.495 e. The third-order valence-corrected chi connectivity index (χ3v) is 7.70. The molecule has 200 valence electrons. The Morgan fingerprint density at radius 3 is 2.26 bits per heavy atom. The van der Waals surface area contributed by atoms with E-state index in [0.717, 1.165) is 49.7 Å². The number of thiophene rings is 1. The minimum absolute atomic E-state index is 0.152. The van der Waals surface area contributed by atoms with Crippen LogP contribution in [-0.4, -0.2) is 51.6 Å². The van der Waals surface area contributed by atoms with Gasteiger partial charge in [-0.1, -0.05) is 48.5 Å². The number of hydrogen-bond acceptors (Lipinski definition) is 6. The van der Waals surface area contributed by atoms with Crippen molar-refractivity contribution in [3.63, 3.8) is 0 Å². The molecule has 4 aromatic rings. The van der Waals surface area contributed by atoms with Crippen molar-refractivity contribution in [3.05, 3.63) is 106 Å². The number of carbonyl (C=O) groups excluding carboxylic acids is 2. The summed E-state index contributed by atoms with van der Waals surface area (Å²) in [5.74, 6) is 0.522. The third-order valence-electron chi connectivity index (χ3n) is 6.83. The molecule has 0 atom stereocenters. The van der Waals surface area contributed by atoms with Crippen LogP contribution in [0.15, 0.2) is 90.3 Å². The van der Waals surface area contributed by atoms with Crippen LogP contribution in [0.4, 0.5) is 17.1 Å². The van der Waals surface area contributed by atoms with E-state index in [0.29, 0.717) is 22.7 Å². The molecule has 1 saturated heterocycles. The maximum absolute atomic E-state index is 13.5. The Balaban J connectivity index is 1.33. The number of anilines is 3. The smallest absolute Gasteiger partial charge is 0.265 e. The Labute approximate surface area is 233 Å². The minimum atomic E-state index is -0.182. The zero-order chi connectivity index (χ0) is 27.0. The fraction of sp³-hybridized carbons (Fsp3) is 0.226. The highest BCUT2D eigenvalue weighted by Crippen LogP contribution is 2.31. The van der Waals surface area contributed by atoms with Crippen LogP contribution in [0.5, 0.6) is 5.75 Å². The van der Waals surface area contributed by atoms with Crippen molar-refractivity contribution in [3.8, 4) is 5.75 Å². The first-order valence-electron chi connectivity index (χ1n) is 13.1. The highest BCUT2D eigenvalue weighted by molar-refractivity contribution is 7.12. The number of piperazine rings is 1. The maximum Gasteiger partial charge on any atom is 0.265 e. The first-order valence-corrected chi connectivity index (χ1v) is 13.9. The Bertz CT molecular complexity index is 1400. The number of methoxy groups -OCH3 is 1. The fourth-order valence-corrected chi connectivity index (χ4v) is 5.43. The molecule has 1 fully saturated rings. The number of carbonyl (C=O) groups is 2. The van der Waals surface area contributed by atoms with Crippen LogP contribution in [0.1, 0.15) is 25.6 Å². The molecule has 8 heteroatoms. The van der Waals surface area contributed by atoms with E-state index in [-0.39, 0.29) is 11.8 Å². The largest absolute Gasteiger partial charge is 0.495 e. The molecule has 0 aliphatic carbocycles. The van der Waals surface area contributed by atoms with Gasteiger partial charge in [0.05, 0.1) is 23.2 Å². The predicted molar refractivity (Wildman–Crippen MR) is 159 cm³/mol. The SMILES string of the molecule is COc1ccccc1N1CCN(c2ccc(NC(=O)c3cccs3)cc2C(=O)NCCc2ccccc2)CC1. The summed E-state index contributed by atoms with van der Waals surface area (Å²) in [4.78, 5) is 31.3. The molecule has 2 heterocycles. The molecule has 7 nitrogen and oxygen atoms in total. The van der Waals surface area contributed by atoms with Crippen molar-refractivity contribution in [1.82, 2.24) is 5.32 Å². The van der Waals surface area contributed by atoms with E-state index in [9.17, 15) is 9.59 Å². The first-order chi connectivity index (χ1) is 19.1. The number of hydrogen-bond donors (Lipinski definition) is 2. The Morgan fingerprint density at radius 2 is 1.54 bits per heavy atom. The van der Waals surface area contributed by atoms with Gasteiger partial charge >= 0.3 is 0 Å². The van der Waals surface area contributed by atoms with Gasteiger partial charge in [0.1, 0.15) is 5.75 Å². The van der Waals surface area contributed by atoms with E-state index in [1.807, 2.05) is 60.0 Å². The molecule has 2 amide bonds. The lowest BCUT2D eigenvalue weighted by atomic mass is 10.1. The van der Waals surface area contributed by atoms with Gasteiger partial charge in [-0.3, -0.25) is 9.59 Å². The van der Waals surface area contributed by atoms with E-state index < -0.39 is 0 Å². The summed E-state index contributed by atoms with van der Waals surface area (Å²) in [5.41, 5.74) is 4.25. The summed E-state index contributed by atoms with van der Waals surface area (Å²) in [6.45, 7) is 3.63. The second kappa shape index (κ2) is 12.5. The number of rotatable bonds is 9. The number of benzene rings is 3. The summed E-state index contributed by atoms with van der Waals surface area (Å²) < 4.78 is 5.56. The van der Waals surface area contributed by atoms with Crippen LogP contribution in [0, 0.1) is 0 Å². The summed E-state index contributed by atoms with van der Waals surface area (Å²) >= 11 is 1.38. The second-order valence-corrected chi connectivity index (χ2v) is 10.2. The molecular formula is C31H32N4O3S. The number of para-hydroxylation sites is 2. The lowest BCUT2D eigenvalue weighted by Crippen LogP contribution is -2.47. The molecule has 0 radical (unpaired) electrons. The molecule has 1 aromatic heterocycles. The first kappa shape index (κ1) is 26.3. The van der Waals surface area contributed by atoms with Gasteiger partial charge in [0, 0.05) is 44.1 Å². The van der Waals surface area contributed by atoms with Crippen LogP contribution >= 0.6 is 11.3 Å². The molecular weight excluding hydrogens is 508 g/mol. The summed E-state index contributed by atoms with van der Waals surface area (Å²) in [6, 6.07) is 27.4. The van der Waals surface area contributed by atoms with Gasteiger partial charge in [-0.25, -0.2) is 0 Å². The van der Waals surface area contributed by atoms with Gasteiger partial charge in [-0.15, -0.1) is 11.3 Å². The van der Waals surface area contributed by atoms with E-state index >= 15 is 0 Å². The molecule has 0 bridgehead atoms. The van der Waals surface area contributed by atoms with Gasteiger partial charge in [0.2, 0.25) is 0 Å². The van der Waals surface area contributed by atoms with Crippen LogP contribution in [0.25, 0.3) is 0 Å². The normalized spacial score (nSPS) is 13.2. The molecule has 3 aromatic carbocycles. The lowest BCUT2D eigenvalue weighted by molar-refractivity contribution is 0.0953. The number of nitrogens with zero attached hydrogens (tertiary/aromatic N) is 2. The van der Waals surface area contributed by atoms with Gasteiger partial charge in [0.15, 0.2) is 0 Å². The zero-order valence-corrected chi connectivity index (χ0v) is 22.7. The Kier molecular flexibility index (Phi) is 8.43. The summed E-state index contributed by atoms with van der Waals surface area (Å²) in [5, 5.41) is 7.89. The van der Waals surface area contributed by atoms with E-state index in [4.69, 9.17) is 4.74 Å². The van der Waals surface area contributed by atoms with E-state index in [2.05, 4.69) is 38.6 Å². The van der Waals surface area contributed by atoms with Crippen molar-refractivity contribution in [2.45, 2.75) is 6.42 Å². The molecule has 1 aliphatic heterocycles. The zero-order valence-electron chi connectivity index (χ0n) is 21.9. The van der Waals surface area contributed by atoms with Crippen molar-refractivity contribution in [1.29, 1.82) is 0 Å². The van der Waals surface area contributed by atoms with Crippen LogP contribution in [-0.2, 0) is 6.42 Å². The van der Waals surface area contributed by atoms with E-state index in [1.165, 1.54) is 16.9 Å². The molecule has 2 N–H and O–H groups in total. The molecule has 1 aliphatic rings. The summed E-state index contributed by atoms with van der Waals surface area (Å²) in [7, 11) is 1.69. The van der Waals surface area contributed by atoms with Crippen LogP contribution in [0.3, 0.4) is 0 Å². The standard InChI is InChI=1S/C31H32N4O3S/c1-38-28-11-6-5-10-27(28)35-19-17-34(18-20-35)26-14-13-24(33-31(37)29-12-7-21-39-29)22-25(26)30(36)32-16-15-23-8-3-2-4-9-23/h2-14,21-22H,15-20H2,1H3,(H,32,36)(H,33,37). The molecule has 0 unspecified atom stereocenters. The van der Waals surface area contributed by atoms with Crippen molar-refractivity contribution in [2.24, 2.45) is 0 Å². The molecule has 0 spiro atoms. The van der Waals surface area contributed by atoms with Crippen molar-refractivity contribution in [2.75, 3.05) is 55.0 Å². The molecule has 0 saturated carbocycles. The van der Waals surface area contributed by atoms with Gasteiger partial charge in [-0.05, 0) is 53.8 Å². The van der Waals surface area contributed by atoms with Gasteiger partial charge < -0.3 is 25.2 Å². The highest BCUT2D eigenvalue weighted by atomic mass is 32.1. The summed E-state index contributed by atoms with van der Waals surface area (Å²) in [6.07, 6.45) is 0.744. The quantitative estimate of drug-likeness (QED) is 0.301. The Morgan fingerprint density at radius 1 is 0.821 bits per heavy atom. The third kappa shape index (κ3) is 6.41. The maximum atomic E-state index is 13.5. The van der Waals surface area contributed by atoms with E-state index in [1.54, 1.807) is 19.2 Å². The van der Waals surface area contributed by atoms with Crippen molar-refractivity contribution < 1.29 is 14.3 Å². The average molecular weight is 541 g/mol. The second-order valence-electron chi connectivity index (χ2n) is 9.30.